The summed E-state index contributed by atoms with van der Waals surface area (Å²) < 4.78 is 0. The van der Waals surface area contributed by atoms with Gasteiger partial charge in [0, 0.05) is 31.5 Å². The molecule has 1 heterocycles. The zero-order valence-corrected chi connectivity index (χ0v) is 11.9. The Hall–Kier alpha value is -1.15. The number of ketones is 1. The largest absolute Gasteiger partial charge is 0.299 e. The summed E-state index contributed by atoms with van der Waals surface area (Å²) in [6.07, 6.45) is 0.692. The maximum atomic E-state index is 11.8. The van der Waals surface area contributed by atoms with E-state index in [9.17, 15) is 4.79 Å². The molecule has 1 aliphatic rings. The summed E-state index contributed by atoms with van der Waals surface area (Å²) in [5.41, 5.74) is 3.86. The first-order chi connectivity index (χ1) is 8.38. The van der Waals surface area contributed by atoms with E-state index in [2.05, 4.69) is 50.8 Å². The van der Waals surface area contributed by atoms with Gasteiger partial charge in [-0.1, -0.05) is 37.6 Å². The molecular weight excluding hydrogens is 222 g/mol. The number of carbonyl (C=O) groups is 1. The highest BCUT2D eigenvalue weighted by atomic mass is 16.1. The highest BCUT2D eigenvalue weighted by Gasteiger charge is 2.33. The molecule has 0 radical (unpaired) electrons. The van der Waals surface area contributed by atoms with Crippen molar-refractivity contribution in [2.45, 2.75) is 40.7 Å². The zero-order valence-electron chi connectivity index (χ0n) is 11.9. The highest BCUT2D eigenvalue weighted by Crippen LogP contribution is 2.26. The minimum Gasteiger partial charge on any atom is -0.299 e. The summed E-state index contributed by atoms with van der Waals surface area (Å²) in [4.78, 5) is 14.2. The first-order valence-corrected chi connectivity index (χ1v) is 6.70. The van der Waals surface area contributed by atoms with Crippen LogP contribution in [0.5, 0.6) is 0 Å². The Labute approximate surface area is 110 Å². The molecule has 0 spiro atoms. The summed E-state index contributed by atoms with van der Waals surface area (Å²) in [7, 11) is 0. The summed E-state index contributed by atoms with van der Waals surface area (Å²) in [5, 5.41) is 0. The summed E-state index contributed by atoms with van der Waals surface area (Å²) >= 11 is 0. The number of nitrogens with zero attached hydrogens (tertiary/aromatic N) is 1. The molecular formula is C16H23NO. The standard InChI is InChI=1S/C16H23NO/c1-12-5-6-13(2)14(9-12)10-17-8-7-15(18)16(3,4)11-17/h5-6,9H,7-8,10-11H2,1-4H3. The average Bonchev–Trinajstić information content (AvgIpc) is 2.28. The van der Waals surface area contributed by atoms with Gasteiger partial charge in [-0.3, -0.25) is 9.69 Å². The van der Waals surface area contributed by atoms with E-state index in [1.54, 1.807) is 0 Å². The van der Waals surface area contributed by atoms with Crippen molar-refractivity contribution in [2.24, 2.45) is 5.41 Å². The Bertz CT molecular complexity index is 462. The molecule has 18 heavy (non-hydrogen) atoms. The van der Waals surface area contributed by atoms with Crippen LogP contribution in [0.1, 0.15) is 37.0 Å². The van der Waals surface area contributed by atoms with Crippen LogP contribution in [-0.4, -0.2) is 23.8 Å². The minimum absolute atomic E-state index is 0.185. The molecule has 1 aromatic carbocycles. The molecule has 2 heteroatoms. The number of rotatable bonds is 2. The Balaban J connectivity index is 2.10. The average molecular weight is 245 g/mol. The molecule has 1 aliphatic heterocycles. The van der Waals surface area contributed by atoms with Gasteiger partial charge in [0.15, 0.2) is 0 Å². The highest BCUT2D eigenvalue weighted by molar-refractivity contribution is 5.85. The maximum Gasteiger partial charge on any atom is 0.141 e. The Morgan fingerprint density at radius 1 is 1.28 bits per heavy atom. The Morgan fingerprint density at radius 2 is 2.00 bits per heavy atom. The number of carbonyl (C=O) groups excluding carboxylic acids is 1. The van der Waals surface area contributed by atoms with E-state index in [1.807, 2.05) is 0 Å². The molecule has 0 aromatic heterocycles. The van der Waals surface area contributed by atoms with Gasteiger partial charge in [0.2, 0.25) is 0 Å². The quantitative estimate of drug-likeness (QED) is 0.798. The number of likely N-dealkylation sites (tertiary alicyclic amines) is 1. The normalized spacial score (nSPS) is 20.1. The third kappa shape index (κ3) is 2.81. The lowest BCUT2D eigenvalue weighted by Crippen LogP contribution is -2.45. The van der Waals surface area contributed by atoms with Crippen molar-refractivity contribution in [3.05, 3.63) is 34.9 Å². The van der Waals surface area contributed by atoms with Crippen molar-refractivity contribution in [2.75, 3.05) is 13.1 Å². The van der Waals surface area contributed by atoms with Crippen LogP contribution < -0.4 is 0 Å². The molecule has 0 N–H and O–H groups in total. The predicted octanol–water partition coefficient (Wildman–Crippen LogP) is 3.10. The van der Waals surface area contributed by atoms with Crippen LogP contribution in [0.2, 0.25) is 0 Å². The van der Waals surface area contributed by atoms with E-state index in [0.29, 0.717) is 12.2 Å². The van der Waals surface area contributed by atoms with Gasteiger partial charge in [0.1, 0.15) is 5.78 Å². The van der Waals surface area contributed by atoms with Gasteiger partial charge in [0.05, 0.1) is 0 Å². The van der Waals surface area contributed by atoms with Crippen LogP contribution in [0, 0.1) is 19.3 Å². The van der Waals surface area contributed by atoms with Gasteiger partial charge in [0.25, 0.3) is 0 Å². The third-order valence-corrected chi connectivity index (χ3v) is 3.93. The van der Waals surface area contributed by atoms with Gasteiger partial charge in [-0.15, -0.1) is 0 Å². The molecule has 2 rings (SSSR count). The van der Waals surface area contributed by atoms with E-state index in [4.69, 9.17) is 0 Å². The monoisotopic (exact) mass is 245 g/mol. The van der Waals surface area contributed by atoms with Crippen molar-refractivity contribution < 1.29 is 4.79 Å². The lowest BCUT2D eigenvalue weighted by atomic mass is 9.82. The minimum atomic E-state index is -0.185. The first kappa shape index (κ1) is 13.3. The number of hydrogen-bond acceptors (Lipinski definition) is 2. The van der Waals surface area contributed by atoms with Gasteiger partial charge < -0.3 is 0 Å². The molecule has 0 bridgehead atoms. The SMILES string of the molecule is Cc1ccc(C)c(CN2CCC(=O)C(C)(C)C2)c1. The van der Waals surface area contributed by atoms with Crippen molar-refractivity contribution in [3.8, 4) is 0 Å². The lowest BCUT2D eigenvalue weighted by molar-refractivity contribution is -0.131. The summed E-state index contributed by atoms with van der Waals surface area (Å²) in [5.74, 6) is 0.403. The number of benzene rings is 1. The first-order valence-electron chi connectivity index (χ1n) is 6.70. The second-order valence-corrected chi connectivity index (χ2v) is 6.20. The van der Waals surface area contributed by atoms with E-state index < -0.39 is 0 Å². The maximum absolute atomic E-state index is 11.8. The molecule has 1 saturated heterocycles. The summed E-state index contributed by atoms with van der Waals surface area (Å²) in [6, 6.07) is 6.60. The van der Waals surface area contributed by atoms with Crippen molar-refractivity contribution in [1.82, 2.24) is 4.90 Å². The van der Waals surface area contributed by atoms with Crippen LogP contribution in [0.25, 0.3) is 0 Å². The fraction of sp³-hybridized carbons (Fsp3) is 0.562. The summed E-state index contributed by atoms with van der Waals surface area (Å²) in [6.45, 7) is 11.1. The molecule has 0 unspecified atom stereocenters. The number of piperidine rings is 1. The molecule has 0 saturated carbocycles. The molecule has 0 aliphatic carbocycles. The van der Waals surface area contributed by atoms with Crippen LogP contribution >= 0.6 is 0 Å². The second kappa shape index (κ2) is 4.85. The number of hydrogen-bond donors (Lipinski definition) is 0. The van der Waals surface area contributed by atoms with Gasteiger partial charge in [-0.05, 0) is 25.0 Å². The zero-order chi connectivity index (χ0) is 13.3. The lowest BCUT2D eigenvalue weighted by Gasteiger charge is -2.37. The fourth-order valence-electron chi connectivity index (χ4n) is 2.67. The Morgan fingerprint density at radius 3 is 2.67 bits per heavy atom. The molecule has 0 amide bonds. The van der Waals surface area contributed by atoms with E-state index >= 15 is 0 Å². The van der Waals surface area contributed by atoms with E-state index in [1.165, 1.54) is 16.7 Å². The van der Waals surface area contributed by atoms with Gasteiger partial charge in [-0.2, -0.15) is 0 Å². The Kier molecular flexibility index (Phi) is 3.58. The van der Waals surface area contributed by atoms with Crippen LogP contribution in [0.4, 0.5) is 0 Å². The van der Waals surface area contributed by atoms with Crippen LogP contribution in [0.15, 0.2) is 18.2 Å². The van der Waals surface area contributed by atoms with E-state index in [-0.39, 0.29) is 5.41 Å². The van der Waals surface area contributed by atoms with Crippen molar-refractivity contribution in [3.63, 3.8) is 0 Å². The second-order valence-electron chi connectivity index (χ2n) is 6.20. The van der Waals surface area contributed by atoms with Crippen molar-refractivity contribution >= 4 is 5.78 Å². The van der Waals surface area contributed by atoms with Crippen LogP contribution in [0.3, 0.4) is 0 Å². The van der Waals surface area contributed by atoms with Crippen LogP contribution in [-0.2, 0) is 11.3 Å². The third-order valence-electron chi connectivity index (χ3n) is 3.93. The van der Waals surface area contributed by atoms with Gasteiger partial charge in [-0.25, -0.2) is 0 Å². The predicted molar refractivity (Wildman–Crippen MR) is 74.6 cm³/mol. The van der Waals surface area contributed by atoms with E-state index in [0.717, 1.165) is 19.6 Å². The van der Waals surface area contributed by atoms with Gasteiger partial charge >= 0.3 is 0 Å². The molecule has 2 nitrogen and oxygen atoms in total. The molecule has 1 fully saturated rings. The topological polar surface area (TPSA) is 20.3 Å². The molecule has 0 atom stereocenters. The molecule has 1 aromatic rings. The fourth-order valence-corrected chi connectivity index (χ4v) is 2.67. The molecule has 98 valence electrons. The number of Topliss-reactive ketones (excluding diaryl/α,β-unsaturated/α-hetero) is 1. The van der Waals surface area contributed by atoms with Crippen molar-refractivity contribution in [1.29, 1.82) is 0 Å². The number of aryl methyl sites for hydroxylation is 2. The smallest absolute Gasteiger partial charge is 0.141 e.